The minimum Gasteiger partial charge on any atom is -0.496 e. The number of hydrogen-bond donors (Lipinski definition) is 2. The SMILES string of the molecule is CCCC(C)(N)C(=O)NC1CCN(C(=O)Cc2ccccc2OC)CC1. The number of benzene rings is 1. The smallest absolute Gasteiger partial charge is 0.240 e. The van der Waals surface area contributed by atoms with Crippen molar-refractivity contribution in [2.45, 2.75) is 57.5 Å². The van der Waals surface area contributed by atoms with Gasteiger partial charge < -0.3 is 20.7 Å². The molecule has 1 saturated heterocycles. The molecule has 1 aliphatic heterocycles. The van der Waals surface area contributed by atoms with E-state index in [1.54, 1.807) is 14.0 Å². The molecule has 0 saturated carbocycles. The van der Waals surface area contributed by atoms with Gasteiger partial charge in [-0.2, -0.15) is 0 Å². The van der Waals surface area contributed by atoms with Gasteiger partial charge in [0.15, 0.2) is 0 Å². The maximum absolute atomic E-state index is 12.6. The predicted octanol–water partition coefficient (Wildman–Crippen LogP) is 1.86. The Hall–Kier alpha value is -2.08. The minimum absolute atomic E-state index is 0.0811. The fourth-order valence-electron chi connectivity index (χ4n) is 3.38. The zero-order valence-corrected chi connectivity index (χ0v) is 16.1. The lowest BCUT2D eigenvalue weighted by atomic mass is 9.95. The van der Waals surface area contributed by atoms with E-state index in [-0.39, 0.29) is 17.9 Å². The first-order chi connectivity index (χ1) is 12.4. The fourth-order valence-corrected chi connectivity index (χ4v) is 3.38. The van der Waals surface area contributed by atoms with Crippen LogP contribution in [-0.2, 0) is 16.0 Å². The van der Waals surface area contributed by atoms with Gasteiger partial charge in [-0.1, -0.05) is 31.5 Å². The highest BCUT2D eigenvalue weighted by atomic mass is 16.5. The molecule has 1 atom stereocenters. The van der Waals surface area contributed by atoms with E-state index >= 15 is 0 Å². The third kappa shape index (κ3) is 5.21. The lowest BCUT2D eigenvalue weighted by Gasteiger charge is -2.34. The summed E-state index contributed by atoms with van der Waals surface area (Å²) in [5.41, 5.74) is 6.16. The summed E-state index contributed by atoms with van der Waals surface area (Å²) in [6, 6.07) is 7.67. The van der Waals surface area contributed by atoms with Crippen LogP contribution in [0.15, 0.2) is 24.3 Å². The first-order valence-corrected chi connectivity index (χ1v) is 9.37. The first kappa shape index (κ1) is 20.2. The van der Waals surface area contributed by atoms with Crippen LogP contribution < -0.4 is 15.8 Å². The number of para-hydroxylation sites is 1. The number of carbonyl (C=O) groups is 2. The topological polar surface area (TPSA) is 84.7 Å². The van der Waals surface area contributed by atoms with Gasteiger partial charge in [0, 0.05) is 24.7 Å². The molecule has 0 bridgehead atoms. The summed E-state index contributed by atoms with van der Waals surface area (Å²) in [5, 5.41) is 3.05. The molecule has 1 aliphatic rings. The first-order valence-electron chi connectivity index (χ1n) is 9.37. The molecule has 1 aromatic carbocycles. The van der Waals surface area contributed by atoms with Crippen LogP contribution >= 0.6 is 0 Å². The molecular formula is C20H31N3O3. The second kappa shape index (κ2) is 9.03. The van der Waals surface area contributed by atoms with E-state index in [9.17, 15) is 9.59 Å². The molecule has 6 nitrogen and oxygen atoms in total. The molecule has 3 N–H and O–H groups in total. The van der Waals surface area contributed by atoms with E-state index in [0.29, 0.717) is 25.9 Å². The second-order valence-electron chi connectivity index (χ2n) is 7.28. The summed E-state index contributed by atoms with van der Waals surface area (Å²) in [5.74, 6) is 0.730. The fraction of sp³-hybridized carbons (Fsp3) is 0.600. The van der Waals surface area contributed by atoms with E-state index in [4.69, 9.17) is 10.5 Å². The van der Waals surface area contributed by atoms with Crippen molar-refractivity contribution in [3.8, 4) is 5.75 Å². The van der Waals surface area contributed by atoms with E-state index < -0.39 is 5.54 Å². The van der Waals surface area contributed by atoms with Crippen LogP contribution in [0.4, 0.5) is 0 Å². The normalized spacial score (nSPS) is 17.5. The molecule has 0 radical (unpaired) electrons. The van der Waals surface area contributed by atoms with Gasteiger partial charge in [-0.05, 0) is 32.3 Å². The summed E-state index contributed by atoms with van der Waals surface area (Å²) in [7, 11) is 1.61. The number of hydrogen-bond acceptors (Lipinski definition) is 4. The number of piperidine rings is 1. The average Bonchev–Trinajstić information content (AvgIpc) is 2.62. The molecule has 0 spiro atoms. The molecule has 1 aromatic rings. The molecule has 1 heterocycles. The molecule has 0 aromatic heterocycles. The van der Waals surface area contributed by atoms with Crippen molar-refractivity contribution in [3.05, 3.63) is 29.8 Å². The van der Waals surface area contributed by atoms with Gasteiger partial charge in [0.1, 0.15) is 5.75 Å². The molecule has 26 heavy (non-hydrogen) atoms. The van der Waals surface area contributed by atoms with Crippen LogP contribution in [0, 0.1) is 0 Å². The maximum Gasteiger partial charge on any atom is 0.240 e. The summed E-state index contributed by atoms with van der Waals surface area (Å²) < 4.78 is 5.32. The molecule has 2 rings (SSSR count). The highest BCUT2D eigenvalue weighted by Gasteiger charge is 2.31. The van der Waals surface area contributed by atoms with Crippen molar-refractivity contribution in [2.75, 3.05) is 20.2 Å². The molecule has 1 fully saturated rings. The number of ether oxygens (including phenoxy) is 1. The molecule has 2 amide bonds. The minimum atomic E-state index is -0.828. The van der Waals surface area contributed by atoms with E-state index in [2.05, 4.69) is 5.32 Å². The number of nitrogens with zero attached hydrogens (tertiary/aromatic N) is 1. The molecule has 0 aliphatic carbocycles. The van der Waals surface area contributed by atoms with Crippen molar-refractivity contribution >= 4 is 11.8 Å². The molecule has 6 heteroatoms. The lowest BCUT2D eigenvalue weighted by molar-refractivity contribution is -0.132. The van der Waals surface area contributed by atoms with E-state index in [1.807, 2.05) is 36.1 Å². The summed E-state index contributed by atoms with van der Waals surface area (Å²) in [6.07, 6.45) is 3.38. The summed E-state index contributed by atoms with van der Waals surface area (Å²) in [4.78, 5) is 26.8. The zero-order valence-electron chi connectivity index (χ0n) is 16.1. The predicted molar refractivity (Wildman–Crippen MR) is 102 cm³/mol. The number of methoxy groups -OCH3 is 1. The Morgan fingerprint density at radius 1 is 1.31 bits per heavy atom. The van der Waals surface area contributed by atoms with Crippen LogP contribution in [0.1, 0.15) is 45.1 Å². The Morgan fingerprint density at radius 2 is 1.96 bits per heavy atom. The Labute approximate surface area is 156 Å². The number of nitrogens with one attached hydrogen (secondary N) is 1. The summed E-state index contributed by atoms with van der Waals surface area (Å²) in [6.45, 7) is 5.09. The monoisotopic (exact) mass is 361 g/mol. The standard InChI is InChI=1S/C20H31N3O3/c1-4-11-20(2,21)19(25)22-16-9-12-23(13-10-16)18(24)14-15-7-5-6-8-17(15)26-3/h5-8,16H,4,9-14,21H2,1-3H3,(H,22,25). The van der Waals surface area contributed by atoms with Crippen molar-refractivity contribution < 1.29 is 14.3 Å². The van der Waals surface area contributed by atoms with Gasteiger partial charge in [0.05, 0.1) is 19.1 Å². The maximum atomic E-state index is 12.6. The molecule has 1 unspecified atom stereocenters. The van der Waals surface area contributed by atoms with Crippen molar-refractivity contribution in [2.24, 2.45) is 5.73 Å². The van der Waals surface area contributed by atoms with Gasteiger partial charge in [-0.25, -0.2) is 0 Å². The van der Waals surface area contributed by atoms with Gasteiger partial charge in [0.25, 0.3) is 0 Å². The number of carbonyl (C=O) groups excluding carboxylic acids is 2. The molecule has 144 valence electrons. The van der Waals surface area contributed by atoms with Gasteiger partial charge in [-0.15, -0.1) is 0 Å². The highest BCUT2D eigenvalue weighted by molar-refractivity contribution is 5.85. The lowest BCUT2D eigenvalue weighted by Crippen LogP contribution is -2.56. The Kier molecular flexibility index (Phi) is 7.03. The third-order valence-corrected chi connectivity index (χ3v) is 5.01. The van der Waals surface area contributed by atoms with Crippen LogP contribution in [-0.4, -0.2) is 48.5 Å². The van der Waals surface area contributed by atoms with Crippen molar-refractivity contribution in [1.82, 2.24) is 10.2 Å². The number of rotatable bonds is 7. The highest BCUT2D eigenvalue weighted by Crippen LogP contribution is 2.20. The average molecular weight is 361 g/mol. The summed E-state index contributed by atoms with van der Waals surface area (Å²) >= 11 is 0. The van der Waals surface area contributed by atoms with E-state index in [0.717, 1.165) is 30.6 Å². The van der Waals surface area contributed by atoms with Crippen LogP contribution in [0.2, 0.25) is 0 Å². The largest absolute Gasteiger partial charge is 0.496 e. The van der Waals surface area contributed by atoms with Crippen LogP contribution in [0.5, 0.6) is 5.75 Å². The Morgan fingerprint density at radius 3 is 2.58 bits per heavy atom. The van der Waals surface area contributed by atoms with Crippen molar-refractivity contribution in [1.29, 1.82) is 0 Å². The van der Waals surface area contributed by atoms with E-state index in [1.165, 1.54) is 0 Å². The Bertz CT molecular complexity index is 622. The third-order valence-electron chi connectivity index (χ3n) is 5.01. The molecular weight excluding hydrogens is 330 g/mol. The second-order valence-corrected chi connectivity index (χ2v) is 7.28. The van der Waals surface area contributed by atoms with Crippen LogP contribution in [0.3, 0.4) is 0 Å². The van der Waals surface area contributed by atoms with Crippen LogP contribution in [0.25, 0.3) is 0 Å². The number of nitrogens with two attached hydrogens (primary N) is 1. The van der Waals surface area contributed by atoms with Gasteiger partial charge in [0.2, 0.25) is 11.8 Å². The van der Waals surface area contributed by atoms with Gasteiger partial charge in [-0.3, -0.25) is 9.59 Å². The van der Waals surface area contributed by atoms with Crippen molar-refractivity contribution in [3.63, 3.8) is 0 Å². The Balaban J connectivity index is 1.84. The van der Waals surface area contributed by atoms with Gasteiger partial charge >= 0.3 is 0 Å². The number of amides is 2. The quantitative estimate of drug-likeness (QED) is 0.776. The number of likely N-dealkylation sites (tertiary alicyclic amines) is 1. The zero-order chi connectivity index (χ0) is 19.2.